The van der Waals surface area contributed by atoms with Gasteiger partial charge in [0.25, 0.3) is 5.91 Å². The van der Waals surface area contributed by atoms with Crippen LogP contribution < -0.4 is 10.6 Å². The maximum atomic E-state index is 13.0. The largest absolute Gasteiger partial charge is 0.373 e. The highest BCUT2D eigenvalue weighted by atomic mass is 16.2. The van der Waals surface area contributed by atoms with Gasteiger partial charge in [-0.1, -0.05) is 6.07 Å². The van der Waals surface area contributed by atoms with Crippen LogP contribution in [0.15, 0.2) is 24.3 Å². The maximum absolute atomic E-state index is 13.0. The molecule has 1 aromatic heterocycles. The molecule has 1 saturated heterocycles. The fourth-order valence-corrected chi connectivity index (χ4v) is 4.21. The van der Waals surface area contributed by atoms with E-state index in [-0.39, 0.29) is 24.3 Å². The van der Waals surface area contributed by atoms with Gasteiger partial charge in [-0.25, -0.2) is 4.98 Å². The Balaban J connectivity index is 1.71. The van der Waals surface area contributed by atoms with E-state index in [0.29, 0.717) is 12.0 Å². The number of benzene rings is 1. The quantitative estimate of drug-likeness (QED) is 0.784. The van der Waals surface area contributed by atoms with Crippen molar-refractivity contribution in [2.24, 2.45) is 0 Å². The Kier molecular flexibility index (Phi) is 4.61. The molecule has 1 unspecified atom stereocenters. The molecule has 2 aliphatic rings. The van der Waals surface area contributed by atoms with Crippen LogP contribution >= 0.6 is 0 Å². The highest BCUT2D eigenvalue weighted by Gasteiger charge is 2.43. The Bertz CT molecular complexity index is 1050. The van der Waals surface area contributed by atoms with Crippen molar-refractivity contribution in [1.82, 2.24) is 15.2 Å². The Morgan fingerprint density at radius 2 is 1.93 bits per heavy atom. The lowest BCUT2D eigenvalue weighted by atomic mass is 9.98. The van der Waals surface area contributed by atoms with Crippen molar-refractivity contribution in [3.05, 3.63) is 46.5 Å². The van der Waals surface area contributed by atoms with Crippen LogP contribution in [-0.4, -0.2) is 40.7 Å². The van der Waals surface area contributed by atoms with Crippen LogP contribution in [0.3, 0.4) is 0 Å². The number of hydrogen-bond acceptors (Lipinski definition) is 5. The number of pyridine rings is 1. The number of anilines is 1. The number of rotatable bonds is 3. The second-order valence-electron chi connectivity index (χ2n) is 7.71. The highest BCUT2D eigenvalue weighted by molar-refractivity contribution is 6.06. The lowest BCUT2D eigenvalue weighted by Crippen LogP contribution is -2.53. The molecule has 150 valence electrons. The van der Waals surface area contributed by atoms with Crippen molar-refractivity contribution in [1.29, 1.82) is 0 Å². The predicted octanol–water partition coefficient (Wildman–Crippen LogP) is 2.73. The molecule has 29 heavy (non-hydrogen) atoms. The zero-order valence-corrected chi connectivity index (χ0v) is 17.0. The molecule has 1 fully saturated rings. The monoisotopic (exact) mass is 392 g/mol. The molecule has 0 spiro atoms. The van der Waals surface area contributed by atoms with E-state index in [1.165, 1.54) is 0 Å². The lowest BCUT2D eigenvalue weighted by molar-refractivity contribution is -0.137. The molecule has 2 N–H and O–H groups in total. The Labute approximate surface area is 169 Å². The third-order valence-corrected chi connectivity index (χ3v) is 5.99. The molecule has 0 bridgehead atoms. The number of carbonyl (C=O) groups excluding carboxylic acids is 3. The van der Waals surface area contributed by atoms with Gasteiger partial charge in [0.1, 0.15) is 11.9 Å². The van der Waals surface area contributed by atoms with Crippen LogP contribution in [0.2, 0.25) is 0 Å². The summed E-state index contributed by atoms with van der Waals surface area (Å²) in [4.78, 5) is 43.1. The number of aromatic nitrogens is 1. The molecule has 3 heterocycles. The highest BCUT2D eigenvalue weighted by Crippen LogP contribution is 2.38. The summed E-state index contributed by atoms with van der Waals surface area (Å²) in [7, 11) is 1.85. The van der Waals surface area contributed by atoms with E-state index in [1.54, 1.807) is 4.90 Å². The fourth-order valence-electron chi connectivity index (χ4n) is 4.21. The standard InChI is InChI=1S/C22H24N4O3/c1-11-9-17(24-20(23-4)12(11)2)14-5-6-15-16(10-14)13(3)26(22(15)29)18-7-8-19(27)25-21(18)28/h5-6,9-10,13,18H,7-8H2,1-4H3,(H,23,24)(H,25,27,28)/t13-,18?/m0/s1. The summed E-state index contributed by atoms with van der Waals surface area (Å²) in [6.45, 7) is 5.99. The molecule has 2 aliphatic heterocycles. The summed E-state index contributed by atoms with van der Waals surface area (Å²) in [5, 5.41) is 5.47. The number of imide groups is 1. The van der Waals surface area contributed by atoms with E-state index in [4.69, 9.17) is 4.98 Å². The predicted molar refractivity (Wildman–Crippen MR) is 109 cm³/mol. The topological polar surface area (TPSA) is 91.4 Å². The average molecular weight is 392 g/mol. The van der Waals surface area contributed by atoms with Crippen LogP contribution in [0.25, 0.3) is 11.3 Å². The molecule has 7 nitrogen and oxygen atoms in total. The summed E-state index contributed by atoms with van der Waals surface area (Å²) in [6.07, 6.45) is 0.597. The van der Waals surface area contributed by atoms with Crippen LogP contribution in [0.4, 0.5) is 5.82 Å². The molecule has 4 rings (SSSR count). The van der Waals surface area contributed by atoms with E-state index in [0.717, 1.165) is 33.8 Å². The third kappa shape index (κ3) is 3.06. The summed E-state index contributed by atoms with van der Waals surface area (Å²) in [6, 6.07) is 6.86. The van der Waals surface area contributed by atoms with Crippen LogP contribution in [0.1, 0.15) is 52.9 Å². The number of fused-ring (bicyclic) bond motifs is 1. The third-order valence-electron chi connectivity index (χ3n) is 5.99. The fraction of sp³-hybridized carbons (Fsp3) is 0.364. The first-order chi connectivity index (χ1) is 13.8. The molecular weight excluding hydrogens is 368 g/mol. The summed E-state index contributed by atoms with van der Waals surface area (Å²) in [5.74, 6) is -0.0252. The molecule has 0 saturated carbocycles. The van der Waals surface area contributed by atoms with Gasteiger partial charge in [-0.15, -0.1) is 0 Å². The van der Waals surface area contributed by atoms with E-state index < -0.39 is 11.9 Å². The second-order valence-corrected chi connectivity index (χ2v) is 7.71. The van der Waals surface area contributed by atoms with Gasteiger partial charge in [0, 0.05) is 24.6 Å². The molecule has 1 aromatic carbocycles. The van der Waals surface area contributed by atoms with Gasteiger partial charge in [-0.3, -0.25) is 19.7 Å². The number of nitrogens with zero attached hydrogens (tertiary/aromatic N) is 2. The van der Waals surface area contributed by atoms with Crippen molar-refractivity contribution in [2.75, 3.05) is 12.4 Å². The lowest BCUT2D eigenvalue weighted by Gasteiger charge is -2.32. The molecule has 7 heteroatoms. The molecular formula is C22H24N4O3. The van der Waals surface area contributed by atoms with Gasteiger partial charge in [0.05, 0.1) is 11.7 Å². The van der Waals surface area contributed by atoms with Crippen LogP contribution in [0.5, 0.6) is 0 Å². The zero-order valence-electron chi connectivity index (χ0n) is 17.0. The summed E-state index contributed by atoms with van der Waals surface area (Å²) >= 11 is 0. The second kappa shape index (κ2) is 6.99. The van der Waals surface area contributed by atoms with E-state index in [9.17, 15) is 14.4 Å². The minimum Gasteiger partial charge on any atom is -0.373 e. The van der Waals surface area contributed by atoms with Gasteiger partial charge in [0.2, 0.25) is 11.8 Å². The normalized spacial score (nSPS) is 21.2. The van der Waals surface area contributed by atoms with Gasteiger partial charge in [-0.2, -0.15) is 0 Å². The maximum Gasteiger partial charge on any atom is 0.255 e. The van der Waals surface area contributed by atoms with Crippen molar-refractivity contribution >= 4 is 23.5 Å². The Hall–Kier alpha value is -3.22. The van der Waals surface area contributed by atoms with Crippen LogP contribution in [-0.2, 0) is 9.59 Å². The summed E-state index contributed by atoms with van der Waals surface area (Å²) < 4.78 is 0. The van der Waals surface area contributed by atoms with Gasteiger partial charge in [-0.05, 0) is 62.1 Å². The minimum atomic E-state index is -0.623. The van der Waals surface area contributed by atoms with Crippen molar-refractivity contribution in [3.63, 3.8) is 0 Å². The zero-order chi connectivity index (χ0) is 20.9. The Morgan fingerprint density at radius 1 is 1.17 bits per heavy atom. The van der Waals surface area contributed by atoms with E-state index >= 15 is 0 Å². The van der Waals surface area contributed by atoms with E-state index in [2.05, 4.69) is 10.6 Å². The first-order valence-corrected chi connectivity index (χ1v) is 9.78. The number of hydrogen-bond donors (Lipinski definition) is 2. The van der Waals surface area contributed by atoms with Crippen LogP contribution in [0, 0.1) is 13.8 Å². The van der Waals surface area contributed by atoms with Crippen molar-refractivity contribution in [3.8, 4) is 11.3 Å². The number of amides is 3. The molecule has 0 aliphatic carbocycles. The van der Waals surface area contributed by atoms with Crippen molar-refractivity contribution in [2.45, 2.75) is 45.7 Å². The first-order valence-electron chi connectivity index (χ1n) is 9.78. The average Bonchev–Trinajstić information content (AvgIpc) is 2.94. The first kappa shape index (κ1) is 19.1. The van der Waals surface area contributed by atoms with Gasteiger partial charge < -0.3 is 10.2 Å². The smallest absolute Gasteiger partial charge is 0.255 e. The number of piperidine rings is 1. The van der Waals surface area contributed by atoms with Gasteiger partial charge >= 0.3 is 0 Å². The number of nitrogens with one attached hydrogen (secondary N) is 2. The SMILES string of the molecule is CNc1nc(-c2ccc3c(c2)[C@H](C)N(C2CCC(=O)NC2=O)C3=O)cc(C)c1C. The van der Waals surface area contributed by atoms with Gasteiger partial charge in [0.15, 0.2) is 0 Å². The molecule has 2 atom stereocenters. The number of carbonyl (C=O) groups is 3. The molecule has 3 amide bonds. The summed E-state index contributed by atoms with van der Waals surface area (Å²) in [5.41, 5.74) is 5.47. The number of aryl methyl sites for hydroxylation is 1. The van der Waals surface area contributed by atoms with Crippen molar-refractivity contribution < 1.29 is 14.4 Å². The van der Waals surface area contributed by atoms with E-state index in [1.807, 2.05) is 52.1 Å². The Morgan fingerprint density at radius 3 is 2.62 bits per heavy atom. The minimum absolute atomic E-state index is 0.169. The molecule has 0 radical (unpaired) electrons. The molecule has 2 aromatic rings.